The average Bonchev–Trinajstić information content (AvgIpc) is 2.36. The van der Waals surface area contributed by atoms with Crippen LogP contribution in [0.5, 0.6) is 0 Å². The van der Waals surface area contributed by atoms with Gasteiger partial charge in [0.05, 0.1) is 6.10 Å². The molecule has 5 atom stereocenters. The number of rotatable bonds is 3. The quantitative estimate of drug-likeness (QED) is 0.732. The lowest BCUT2D eigenvalue weighted by atomic mass is 10.1. The highest BCUT2D eigenvalue weighted by atomic mass is 32.2. The Balaban J connectivity index is 2.37. The Morgan fingerprint density at radius 2 is 2.00 bits per heavy atom. The van der Waals surface area contributed by atoms with E-state index in [1.54, 1.807) is 0 Å². The molecule has 1 fully saturated rings. The van der Waals surface area contributed by atoms with Crippen LogP contribution in [0.1, 0.15) is 33.6 Å². The van der Waals surface area contributed by atoms with Crippen molar-refractivity contribution in [1.82, 2.24) is 0 Å². The van der Waals surface area contributed by atoms with Gasteiger partial charge in [0, 0.05) is 16.5 Å². The first kappa shape index (κ1) is 11.3. The molecule has 1 rings (SSSR count). The third-order valence-corrected chi connectivity index (χ3v) is 4.95. The Labute approximate surface area is 85.3 Å². The van der Waals surface area contributed by atoms with Crippen molar-refractivity contribution >= 4 is 11.8 Å². The minimum absolute atomic E-state index is 0.214. The molecule has 78 valence electrons. The van der Waals surface area contributed by atoms with Crippen LogP contribution in [0.15, 0.2) is 0 Å². The molecule has 0 aromatic carbocycles. The molecule has 0 heterocycles. The zero-order valence-electron chi connectivity index (χ0n) is 8.73. The number of thioether (sulfide) groups is 1. The molecular formula is C10H21NOS. The molecule has 3 heteroatoms. The fourth-order valence-corrected chi connectivity index (χ4v) is 3.24. The third-order valence-electron chi connectivity index (χ3n) is 3.12. The number of hydrogen-bond acceptors (Lipinski definition) is 3. The molecule has 0 spiro atoms. The van der Waals surface area contributed by atoms with Crippen molar-refractivity contribution in [2.45, 2.75) is 56.3 Å². The van der Waals surface area contributed by atoms with Crippen molar-refractivity contribution < 1.29 is 5.11 Å². The summed E-state index contributed by atoms with van der Waals surface area (Å²) in [6.07, 6.45) is 2.14. The van der Waals surface area contributed by atoms with Gasteiger partial charge in [-0.1, -0.05) is 13.8 Å². The SMILES string of the molecule is CC(O)C(C)SC1CCC(N)C1C. The molecular weight excluding hydrogens is 182 g/mol. The van der Waals surface area contributed by atoms with Gasteiger partial charge in [0.25, 0.3) is 0 Å². The summed E-state index contributed by atoms with van der Waals surface area (Å²) < 4.78 is 0. The van der Waals surface area contributed by atoms with E-state index in [0.717, 1.165) is 6.42 Å². The zero-order chi connectivity index (χ0) is 10.0. The molecule has 0 amide bonds. The summed E-state index contributed by atoms with van der Waals surface area (Å²) in [5.74, 6) is 0.603. The molecule has 3 N–H and O–H groups in total. The van der Waals surface area contributed by atoms with E-state index in [4.69, 9.17) is 5.73 Å². The first-order chi connectivity index (χ1) is 6.02. The van der Waals surface area contributed by atoms with Gasteiger partial charge < -0.3 is 10.8 Å². The standard InChI is InChI=1S/C10H21NOS/c1-6-9(11)4-5-10(6)13-8(3)7(2)12/h6-10,12H,4-5,11H2,1-3H3. The Hall–Kier alpha value is 0.270. The molecule has 0 radical (unpaired) electrons. The highest BCUT2D eigenvalue weighted by Gasteiger charge is 2.32. The fourth-order valence-electron chi connectivity index (χ4n) is 1.74. The van der Waals surface area contributed by atoms with Crippen LogP contribution in [-0.2, 0) is 0 Å². The molecule has 5 unspecified atom stereocenters. The van der Waals surface area contributed by atoms with Crippen molar-refractivity contribution in [3.8, 4) is 0 Å². The second-order valence-corrected chi connectivity index (χ2v) is 5.84. The largest absolute Gasteiger partial charge is 0.392 e. The second-order valence-electron chi connectivity index (χ2n) is 4.22. The smallest absolute Gasteiger partial charge is 0.0628 e. The minimum atomic E-state index is -0.214. The fraction of sp³-hybridized carbons (Fsp3) is 1.00. The zero-order valence-corrected chi connectivity index (χ0v) is 9.55. The van der Waals surface area contributed by atoms with Crippen LogP contribution < -0.4 is 5.73 Å². The molecule has 0 aliphatic heterocycles. The summed E-state index contributed by atoms with van der Waals surface area (Å²) in [4.78, 5) is 0. The third kappa shape index (κ3) is 2.86. The number of aliphatic hydroxyl groups excluding tert-OH is 1. The van der Waals surface area contributed by atoms with E-state index in [1.807, 2.05) is 18.7 Å². The van der Waals surface area contributed by atoms with Crippen molar-refractivity contribution in [3.05, 3.63) is 0 Å². The normalized spacial score (nSPS) is 39.0. The maximum absolute atomic E-state index is 9.38. The molecule has 1 aliphatic carbocycles. The van der Waals surface area contributed by atoms with E-state index < -0.39 is 0 Å². The Morgan fingerprint density at radius 1 is 1.38 bits per heavy atom. The van der Waals surface area contributed by atoms with Gasteiger partial charge in [-0.05, 0) is 25.7 Å². The van der Waals surface area contributed by atoms with Crippen molar-refractivity contribution in [3.63, 3.8) is 0 Å². The van der Waals surface area contributed by atoms with Crippen LogP contribution in [0, 0.1) is 5.92 Å². The summed E-state index contributed by atoms with van der Waals surface area (Å²) in [6.45, 7) is 6.17. The molecule has 0 aromatic heterocycles. The summed E-state index contributed by atoms with van der Waals surface area (Å²) in [7, 11) is 0. The topological polar surface area (TPSA) is 46.2 Å². The molecule has 13 heavy (non-hydrogen) atoms. The van der Waals surface area contributed by atoms with E-state index in [-0.39, 0.29) is 6.10 Å². The lowest BCUT2D eigenvalue weighted by Crippen LogP contribution is -2.28. The summed E-state index contributed by atoms with van der Waals surface area (Å²) in [5, 5.41) is 10.4. The predicted octanol–water partition coefficient (Wildman–Crippen LogP) is 1.61. The number of nitrogens with two attached hydrogens (primary N) is 1. The van der Waals surface area contributed by atoms with Crippen molar-refractivity contribution in [2.24, 2.45) is 11.7 Å². The van der Waals surface area contributed by atoms with Crippen molar-refractivity contribution in [2.75, 3.05) is 0 Å². The second kappa shape index (κ2) is 4.67. The van der Waals surface area contributed by atoms with E-state index in [2.05, 4.69) is 13.8 Å². The lowest BCUT2D eigenvalue weighted by Gasteiger charge is -2.23. The summed E-state index contributed by atoms with van der Waals surface area (Å²) in [6, 6.07) is 0.374. The monoisotopic (exact) mass is 203 g/mol. The molecule has 0 bridgehead atoms. The van der Waals surface area contributed by atoms with Gasteiger partial charge in [-0.3, -0.25) is 0 Å². The van der Waals surface area contributed by atoms with Gasteiger partial charge in [-0.2, -0.15) is 11.8 Å². The highest BCUT2D eigenvalue weighted by Crippen LogP contribution is 2.36. The molecule has 0 saturated heterocycles. The Kier molecular flexibility index (Phi) is 4.07. The summed E-state index contributed by atoms with van der Waals surface area (Å²) >= 11 is 1.90. The maximum atomic E-state index is 9.38. The lowest BCUT2D eigenvalue weighted by molar-refractivity contribution is 0.196. The molecule has 2 nitrogen and oxygen atoms in total. The van der Waals surface area contributed by atoms with Crippen LogP contribution >= 0.6 is 11.8 Å². The van der Waals surface area contributed by atoms with Crippen LogP contribution in [0.3, 0.4) is 0 Å². The molecule has 0 aromatic rings. The predicted molar refractivity (Wildman–Crippen MR) is 58.9 cm³/mol. The van der Waals surface area contributed by atoms with Gasteiger partial charge in [-0.15, -0.1) is 0 Å². The minimum Gasteiger partial charge on any atom is -0.392 e. The first-order valence-corrected chi connectivity index (χ1v) is 6.05. The van der Waals surface area contributed by atoms with Gasteiger partial charge in [0.1, 0.15) is 0 Å². The maximum Gasteiger partial charge on any atom is 0.0628 e. The van der Waals surface area contributed by atoms with Gasteiger partial charge >= 0.3 is 0 Å². The Bertz CT molecular complexity index is 163. The highest BCUT2D eigenvalue weighted by molar-refractivity contribution is 8.00. The van der Waals surface area contributed by atoms with Crippen LogP contribution in [0.4, 0.5) is 0 Å². The van der Waals surface area contributed by atoms with Crippen LogP contribution in [0.25, 0.3) is 0 Å². The average molecular weight is 203 g/mol. The van der Waals surface area contributed by atoms with Gasteiger partial charge in [0.2, 0.25) is 0 Å². The van der Waals surface area contributed by atoms with Gasteiger partial charge in [0.15, 0.2) is 0 Å². The van der Waals surface area contributed by atoms with Crippen LogP contribution in [0.2, 0.25) is 0 Å². The molecule has 1 aliphatic rings. The van der Waals surface area contributed by atoms with Crippen LogP contribution in [-0.4, -0.2) is 27.8 Å². The van der Waals surface area contributed by atoms with Crippen molar-refractivity contribution in [1.29, 1.82) is 0 Å². The van der Waals surface area contributed by atoms with E-state index in [0.29, 0.717) is 22.5 Å². The Morgan fingerprint density at radius 3 is 2.38 bits per heavy atom. The number of aliphatic hydroxyl groups is 1. The van der Waals surface area contributed by atoms with Gasteiger partial charge in [-0.25, -0.2) is 0 Å². The van der Waals surface area contributed by atoms with E-state index in [1.165, 1.54) is 6.42 Å². The van der Waals surface area contributed by atoms with E-state index >= 15 is 0 Å². The first-order valence-electron chi connectivity index (χ1n) is 5.11. The number of hydrogen-bond donors (Lipinski definition) is 2. The summed E-state index contributed by atoms with van der Waals surface area (Å²) in [5.41, 5.74) is 5.94. The van der Waals surface area contributed by atoms with E-state index in [9.17, 15) is 5.11 Å². The molecule has 1 saturated carbocycles.